The first-order chi connectivity index (χ1) is 12.9. The molecule has 0 amide bonds. The Morgan fingerprint density at radius 1 is 1.00 bits per heavy atom. The van der Waals surface area contributed by atoms with Crippen molar-refractivity contribution in [1.82, 2.24) is 4.98 Å². The van der Waals surface area contributed by atoms with Crippen LogP contribution in [-0.2, 0) is 10.0 Å². The molecule has 0 saturated carbocycles. The maximum atomic E-state index is 12.7. The Balaban J connectivity index is 1.78. The standard InChI is InChI=1S/C20H21N3O3S/c1-14-8-9-15(2)19(12-14)27(24,25)23-16-10-11-20(21-13-16)22-17-6-4-5-7-18(17)26-3/h4-13,23H,1-3H3,(H,21,22). The lowest BCUT2D eigenvalue weighted by atomic mass is 10.2. The third-order valence-electron chi connectivity index (χ3n) is 4.02. The van der Waals surface area contributed by atoms with E-state index >= 15 is 0 Å². The number of hydrogen-bond acceptors (Lipinski definition) is 5. The van der Waals surface area contributed by atoms with Crippen LogP contribution in [-0.4, -0.2) is 20.5 Å². The zero-order chi connectivity index (χ0) is 19.4. The summed E-state index contributed by atoms with van der Waals surface area (Å²) in [4.78, 5) is 4.54. The number of ether oxygens (including phenoxy) is 1. The van der Waals surface area contributed by atoms with Gasteiger partial charge in [-0.3, -0.25) is 4.72 Å². The number of methoxy groups -OCH3 is 1. The molecule has 0 saturated heterocycles. The van der Waals surface area contributed by atoms with Gasteiger partial charge in [-0.15, -0.1) is 0 Å². The highest BCUT2D eigenvalue weighted by molar-refractivity contribution is 7.92. The molecule has 3 aromatic rings. The molecule has 0 spiro atoms. The van der Waals surface area contributed by atoms with Crippen LogP contribution in [0.15, 0.2) is 65.7 Å². The predicted octanol–water partition coefficient (Wildman–Crippen LogP) is 4.25. The van der Waals surface area contributed by atoms with E-state index in [2.05, 4.69) is 15.0 Å². The molecule has 0 fully saturated rings. The third-order valence-corrected chi connectivity index (χ3v) is 5.54. The molecule has 0 aliphatic rings. The van der Waals surface area contributed by atoms with Crippen molar-refractivity contribution in [3.63, 3.8) is 0 Å². The lowest BCUT2D eigenvalue weighted by Gasteiger charge is -2.12. The molecule has 0 aliphatic carbocycles. The summed E-state index contributed by atoms with van der Waals surface area (Å²) < 4.78 is 33.2. The fourth-order valence-electron chi connectivity index (χ4n) is 2.62. The molecular weight excluding hydrogens is 362 g/mol. The van der Waals surface area contributed by atoms with Gasteiger partial charge in [-0.25, -0.2) is 13.4 Å². The van der Waals surface area contributed by atoms with Crippen molar-refractivity contribution < 1.29 is 13.2 Å². The second-order valence-corrected chi connectivity index (χ2v) is 7.78. The molecular formula is C20H21N3O3S. The number of nitrogens with zero attached hydrogens (tertiary/aromatic N) is 1. The number of pyridine rings is 1. The first-order valence-electron chi connectivity index (χ1n) is 8.35. The van der Waals surface area contributed by atoms with Gasteiger partial charge in [0.1, 0.15) is 11.6 Å². The summed E-state index contributed by atoms with van der Waals surface area (Å²) >= 11 is 0. The summed E-state index contributed by atoms with van der Waals surface area (Å²) in [6.45, 7) is 3.63. The van der Waals surface area contributed by atoms with Gasteiger partial charge in [0.05, 0.1) is 29.6 Å². The molecule has 1 heterocycles. The van der Waals surface area contributed by atoms with Gasteiger partial charge in [-0.05, 0) is 55.3 Å². The van der Waals surface area contributed by atoms with Crippen LogP contribution in [0, 0.1) is 13.8 Å². The summed E-state index contributed by atoms with van der Waals surface area (Å²) in [7, 11) is -2.08. The number of rotatable bonds is 6. The number of benzene rings is 2. The first kappa shape index (κ1) is 18.7. The van der Waals surface area contributed by atoms with Gasteiger partial charge in [0.2, 0.25) is 0 Å². The SMILES string of the molecule is COc1ccccc1Nc1ccc(NS(=O)(=O)c2cc(C)ccc2C)cn1. The van der Waals surface area contributed by atoms with Crippen LogP contribution in [0.25, 0.3) is 0 Å². The summed E-state index contributed by atoms with van der Waals surface area (Å²) in [6.07, 6.45) is 1.47. The summed E-state index contributed by atoms with van der Waals surface area (Å²) in [5.41, 5.74) is 2.74. The normalized spacial score (nSPS) is 11.1. The predicted molar refractivity (Wildman–Crippen MR) is 107 cm³/mol. The molecule has 27 heavy (non-hydrogen) atoms. The van der Waals surface area contributed by atoms with E-state index in [0.29, 0.717) is 22.8 Å². The second-order valence-electron chi connectivity index (χ2n) is 6.13. The van der Waals surface area contributed by atoms with Crippen molar-refractivity contribution in [3.05, 3.63) is 71.9 Å². The number of hydrogen-bond donors (Lipinski definition) is 2. The Hall–Kier alpha value is -3.06. The van der Waals surface area contributed by atoms with Crippen molar-refractivity contribution in [2.24, 2.45) is 0 Å². The third kappa shape index (κ3) is 4.38. The zero-order valence-corrected chi connectivity index (χ0v) is 16.2. The Morgan fingerprint density at radius 3 is 2.48 bits per heavy atom. The topological polar surface area (TPSA) is 80.3 Å². The highest BCUT2D eigenvalue weighted by Crippen LogP contribution is 2.27. The monoisotopic (exact) mass is 383 g/mol. The number of nitrogens with one attached hydrogen (secondary N) is 2. The minimum Gasteiger partial charge on any atom is -0.495 e. The van der Waals surface area contributed by atoms with E-state index in [0.717, 1.165) is 11.3 Å². The lowest BCUT2D eigenvalue weighted by Crippen LogP contribution is -2.14. The molecule has 2 aromatic carbocycles. The maximum absolute atomic E-state index is 12.7. The molecule has 2 N–H and O–H groups in total. The summed E-state index contributed by atoms with van der Waals surface area (Å²) in [6, 6.07) is 16.2. The Kier molecular flexibility index (Phi) is 5.32. The van der Waals surface area contributed by atoms with Crippen molar-refractivity contribution >= 4 is 27.2 Å². The molecule has 0 atom stereocenters. The van der Waals surface area contributed by atoms with Crippen molar-refractivity contribution in [2.45, 2.75) is 18.7 Å². The van der Waals surface area contributed by atoms with E-state index < -0.39 is 10.0 Å². The molecule has 0 unspecified atom stereocenters. The maximum Gasteiger partial charge on any atom is 0.262 e. The van der Waals surface area contributed by atoms with E-state index in [1.54, 1.807) is 38.3 Å². The molecule has 1 aromatic heterocycles. The van der Waals surface area contributed by atoms with Crippen molar-refractivity contribution in [1.29, 1.82) is 0 Å². The Bertz CT molecular complexity index is 1050. The zero-order valence-electron chi connectivity index (χ0n) is 15.4. The molecule has 0 bridgehead atoms. The van der Waals surface area contributed by atoms with E-state index in [9.17, 15) is 8.42 Å². The fourth-order valence-corrected chi connectivity index (χ4v) is 3.99. The van der Waals surface area contributed by atoms with Crippen LogP contribution in [0.3, 0.4) is 0 Å². The summed E-state index contributed by atoms with van der Waals surface area (Å²) in [5, 5.41) is 3.15. The molecule has 6 nitrogen and oxygen atoms in total. The Morgan fingerprint density at radius 2 is 1.78 bits per heavy atom. The van der Waals surface area contributed by atoms with Crippen molar-refractivity contribution in [2.75, 3.05) is 17.1 Å². The number of aryl methyl sites for hydroxylation is 2. The van der Waals surface area contributed by atoms with Gasteiger partial charge in [0, 0.05) is 0 Å². The van der Waals surface area contributed by atoms with E-state index in [1.165, 1.54) is 6.20 Å². The van der Waals surface area contributed by atoms with E-state index in [4.69, 9.17) is 4.74 Å². The largest absolute Gasteiger partial charge is 0.495 e. The van der Waals surface area contributed by atoms with E-state index in [1.807, 2.05) is 37.3 Å². The minimum atomic E-state index is -3.68. The first-order valence-corrected chi connectivity index (χ1v) is 9.83. The fraction of sp³-hybridized carbons (Fsp3) is 0.150. The van der Waals surface area contributed by atoms with Gasteiger partial charge in [-0.2, -0.15) is 0 Å². The van der Waals surface area contributed by atoms with Crippen LogP contribution < -0.4 is 14.8 Å². The number of para-hydroxylation sites is 2. The van der Waals surface area contributed by atoms with Gasteiger partial charge >= 0.3 is 0 Å². The van der Waals surface area contributed by atoms with Gasteiger partial charge in [0.25, 0.3) is 10.0 Å². The average molecular weight is 383 g/mol. The number of sulfonamides is 1. The van der Waals surface area contributed by atoms with Crippen molar-refractivity contribution in [3.8, 4) is 5.75 Å². The van der Waals surface area contributed by atoms with Gasteiger partial charge in [-0.1, -0.05) is 24.3 Å². The van der Waals surface area contributed by atoms with Crippen LogP contribution in [0.1, 0.15) is 11.1 Å². The van der Waals surface area contributed by atoms with Crippen LogP contribution in [0.5, 0.6) is 5.75 Å². The lowest BCUT2D eigenvalue weighted by molar-refractivity contribution is 0.417. The van der Waals surface area contributed by atoms with Crippen LogP contribution >= 0.6 is 0 Å². The van der Waals surface area contributed by atoms with Crippen LogP contribution in [0.4, 0.5) is 17.2 Å². The molecule has 3 rings (SSSR count). The highest BCUT2D eigenvalue weighted by atomic mass is 32.2. The average Bonchev–Trinajstić information content (AvgIpc) is 2.65. The van der Waals surface area contributed by atoms with E-state index in [-0.39, 0.29) is 4.90 Å². The minimum absolute atomic E-state index is 0.263. The highest BCUT2D eigenvalue weighted by Gasteiger charge is 2.17. The Labute approximate surface area is 159 Å². The smallest absolute Gasteiger partial charge is 0.262 e. The quantitative estimate of drug-likeness (QED) is 0.665. The van der Waals surface area contributed by atoms with Crippen LogP contribution in [0.2, 0.25) is 0 Å². The molecule has 140 valence electrons. The van der Waals surface area contributed by atoms with Gasteiger partial charge < -0.3 is 10.1 Å². The molecule has 7 heteroatoms. The van der Waals surface area contributed by atoms with Gasteiger partial charge in [0.15, 0.2) is 0 Å². The second kappa shape index (κ2) is 7.67. The number of aromatic nitrogens is 1. The molecule has 0 radical (unpaired) electrons. The number of anilines is 3. The molecule has 0 aliphatic heterocycles. The summed E-state index contributed by atoms with van der Waals surface area (Å²) in [5.74, 6) is 1.27.